The summed E-state index contributed by atoms with van der Waals surface area (Å²) >= 11 is 4.86. The standard InChI is InChI=1S/C28H34AsN5OS2/c29-34-27(35)25-21-9-3-1-2-4-11-23(21)37-26(25)31-28(34)36-19-7-14-32-15-17-33(18-16-32)24-13-12-20-8-5-6-10-22(20)30-24/h5-6,8,10,12-13H,1-4,7,9,11,14-19,29H2. The fourth-order valence-electron chi connectivity index (χ4n) is 5.54. The molecule has 0 spiro atoms. The van der Waals surface area contributed by atoms with Crippen molar-refractivity contribution in [2.45, 2.75) is 50.1 Å². The molecule has 0 N–H and O–H groups in total. The summed E-state index contributed by atoms with van der Waals surface area (Å²) in [5.41, 5.74) is 2.54. The number of rotatable bonds is 6. The second-order valence-corrected chi connectivity index (χ2v) is 13.3. The summed E-state index contributed by atoms with van der Waals surface area (Å²) in [7, 11) is 0. The van der Waals surface area contributed by atoms with Crippen LogP contribution in [0.15, 0.2) is 46.3 Å². The Bertz CT molecular complexity index is 1460. The van der Waals surface area contributed by atoms with Crippen LogP contribution in [0.3, 0.4) is 0 Å². The predicted molar refractivity (Wildman–Crippen MR) is 159 cm³/mol. The number of hydrogen-bond donors (Lipinski definition) is 0. The molecule has 1 aliphatic heterocycles. The molecule has 1 aromatic carbocycles. The zero-order valence-corrected chi connectivity index (χ0v) is 25.3. The Hall–Kier alpha value is -1.86. The number of thiophene rings is 1. The number of thioether (sulfide) groups is 1. The van der Waals surface area contributed by atoms with Gasteiger partial charge < -0.3 is 0 Å². The Morgan fingerprint density at radius 2 is 1.76 bits per heavy atom. The van der Waals surface area contributed by atoms with Crippen molar-refractivity contribution in [2.75, 3.05) is 43.4 Å². The van der Waals surface area contributed by atoms with Crippen molar-refractivity contribution >= 4 is 67.1 Å². The van der Waals surface area contributed by atoms with Crippen LogP contribution in [0.25, 0.3) is 21.1 Å². The quantitative estimate of drug-likeness (QED) is 0.143. The summed E-state index contributed by atoms with van der Waals surface area (Å²) in [5.74, 6) is 2.07. The van der Waals surface area contributed by atoms with Gasteiger partial charge in [0, 0.05) is 5.39 Å². The van der Waals surface area contributed by atoms with Crippen LogP contribution < -0.4 is 10.5 Å². The molecule has 1 saturated heterocycles. The molecule has 37 heavy (non-hydrogen) atoms. The summed E-state index contributed by atoms with van der Waals surface area (Å²) in [6.45, 7) is 5.23. The van der Waals surface area contributed by atoms with Crippen molar-refractivity contribution in [3.05, 3.63) is 57.2 Å². The van der Waals surface area contributed by atoms with Gasteiger partial charge in [-0.2, -0.15) is 0 Å². The average Bonchev–Trinajstić information content (AvgIpc) is 3.25. The molecule has 0 radical (unpaired) electrons. The van der Waals surface area contributed by atoms with Crippen LogP contribution in [0.1, 0.15) is 42.5 Å². The number of piperazine rings is 1. The minimum atomic E-state index is 0.170. The third kappa shape index (κ3) is 5.49. The van der Waals surface area contributed by atoms with E-state index in [9.17, 15) is 4.79 Å². The van der Waals surface area contributed by atoms with Gasteiger partial charge in [0.2, 0.25) is 0 Å². The molecule has 1 aliphatic carbocycles. The van der Waals surface area contributed by atoms with E-state index >= 15 is 0 Å². The van der Waals surface area contributed by atoms with E-state index in [4.69, 9.17) is 9.97 Å². The van der Waals surface area contributed by atoms with E-state index in [1.54, 1.807) is 23.1 Å². The molecule has 6 rings (SSSR count). The van der Waals surface area contributed by atoms with E-state index in [0.29, 0.717) is 0 Å². The van der Waals surface area contributed by atoms with Crippen molar-refractivity contribution in [3.63, 3.8) is 0 Å². The van der Waals surface area contributed by atoms with Crippen LogP contribution in [0, 0.1) is 0 Å². The molecule has 0 bridgehead atoms. The minimum absolute atomic E-state index is 0.170. The van der Waals surface area contributed by atoms with Crippen LogP contribution in [-0.4, -0.2) is 73.9 Å². The van der Waals surface area contributed by atoms with Crippen molar-refractivity contribution in [1.29, 1.82) is 0 Å². The van der Waals surface area contributed by atoms with Gasteiger partial charge >= 0.3 is 195 Å². The van der Waals surface area contributed by atoms with E-state index in [-0.39, 0.29) is 5.56 Å². The topological polar surface area (TPSA) is 54.3 Å². The van der Waals surface area contributed by atoms with E-state index < -0.39 is 0 Å². The Labute approximate surface area is 235 Å². The summed E-state index contributed by atoms with van der Waals surface area (Å²) < 4.78 is 1.85. The second kappa shape index (κ2) is 11.5. The number of pyridine rings is 1. The molecule has 6 nitrogen and oxygen atoms in total. The number of hydrogen-bond acceptors (Lipinski definition) is 7. The molecular formula is C28H34AsN5OS2. The van der Waals surface area contributed by atoms with Crippen LogP contribution in [0.2, 0.25) is 0 Å². The van der Waals surface area contributed by atoms with Gasteiger partial charge in [0.15, 0.2) is 0 Å². The monoisotopic (exact) mass is 595 g/mol. The number of fused-ring (bicyclic) bond motifs is 4. The molecule has 4 aromatic rings. The average molecular weight is 596 g/mol. The third-order valence-electron chi connectivity index (χ3n) is 7.62. The maximum atomic E-state index is 13.3. The van der Waals surface area contributed by atoms with Gasteiger partial charge in [-0.25, -0.2) is 0 Å². The van der Waals surface area contributed by atoms with Gasteiger partial charge in [0.1, 0.15) is 0 Å². The number of nitrogens with zero attached hydrogens (tertiary/aromatic N) is 5. The van der Waals surface area contributed by atoms with E-state index in [0.717, 1.165) is 84.4 Å². The predicted octanol–water partition coefficient (Wildman–Crippen LogP) is 4.37. The summed E-state index contributed by atoms with van der Waals surface area (Å²) in [6, 6.07) is 12.6. The first kappa shape index (κ1) is 25.4. The van der Waals surface area contributed by atoms with Gasteiger partial charge in [0.05, 0.1) is 5.52 Å². The molecule has 0 amide bonds. The van der Waals surface area contributed by atoms with Crippen LogP contribution >= 0.6 is 23.1 Å². The van der Waals surface area contributed by atoms with Crippen molar-refractivity contribution in [3.8, 4) is 0 Å². The molecule has 4 heterocycles. The molecule has 3 aromatic heterocycles. The van der Waals surface area contributed by atoms with E-state index in [1.807, 2.05) is 3.48 Å². The fourth-order valence-corrected chi connectivity index (χ4v) is 8.54. The SMILES string of the molecule is O=c1c2c3c(sc2nc(SCCCN2CCN(c4ccc5ccccc5n4)CC2)n1[AsH2])CCCCCC3. The van der Waals surface area contributed by atoms with Gasteiger partial charge in [-0.3, -0.25) is 0 Å². The molecule has 1 unspecified atom stereocenters. The van der Waals surface area contributed by atoms with Gasteiger partial charge in [-0.15, -0.1) is 0 Å². The number of aryl methyl sites for hydroxylation is 2. The molecule has 1 fully saturated rings. The van der Waals surface area contributed by atoms with Crippen LogP contribution in [-0.2, 0) is 12.8 Å². The zero-order valence-electron chi connectivity index (χ0n) is 21.2. The van der Waals surface area contributed by atoms with Crippen molar-refractivity contribution in [1.82, 2.24) is 18.4 Å². The van der Waals surface area contributed by atoms with Crippen molar-refractivity contribution in [2.24, 2.45) is 0 Å². The first-order chi connectivity index (χ1) is 18.2. The number of benzene rings is 1. The Morgan fingerprint density at radius 3 is 2.62 bits per heavy atom. The molecule has 1 atom stereocenters. The molecule has 2 aliphatic rings. The summed E-state index contributed by atoms with van der Waals surface area (Å²) in [6.07, 6.45) is 8.25. The third-order valence-corrected chi connectivity index (χ3v) is 11.2. The Morgan fingerprint density at radius 1 is 0.946 bits per heavy atom. The van der Waals surface area contributed by atoms with Gasteiger partial charge in [0.25, 0.3) is 0 Å². The Balaban J connectivity index is 1.03. The summed E-state index contributed by atoms with van der Waals surface area (Å²) in [4.78, 5) is 30.5. The number of anilines is 1. The zero-order chi connectivity index (χ0) is 25.2. The maximum absolute atomic E-state index is 13.3. The van der Waals surface area contributed by atoms with Crippen LogP contribution in [0.4, 0.5) is 5.82 Å². The fraction of sp³-hybridized carbons (Fsp3) is 0.464. The molecular weight excluding hydrogens is 561 g/mol. The van der Waals surface area contributed by atoms with Crippen molar-refractivity contribution < 1.29 is 0 Å². The number of para-hydroxylation sites is 1. The first-order valence-corrected chi connectivity index (χ1v) is 16.3. The molecule has 194 valence electrons. The van der Waals surface area contributed by atoms with E-state index in [1.165, 1.54) is 58.6 Å². The summed E-state index contributed by atoms with van der Waals surface area (Å²) in [5, 5.41) is 2.99. The van der Waals surface area contributed by atoms with Gasteiger partial charge in [-0.1, -0.05) is 18.2 Å². The second-order valence-electron chi connectivity index (χ2n) is 10.1. The normalized spacial score (nSPS) is 17.2. The van der Waals surface area contributed by atoms with Gasteiger partial charge in [-0.05, 0) is 12.1 Å². The first-order valence-electron chi connectivity index (χ1n) is 13.5. The number of aromatic nitrogens is 3. The van der Waals surface area contributed by atoms with Crippen LogP contribution in [0.5, 0.6) is 0 Å². The Kier molecular flexibility index (Phi) is 7.89. The molecule has 9 heteroatoms. The van der Waals surface area contributed by atoms with E-state index in [2.05, 4.69) is 46.2 Å². The molecule has 0 saturated carbocycles.